The van der Waals surface area contributed by atoms with Crippen molar-refractivity contribution in [3.8, 4) is 5.75 Å². The number of halogens is 1. The summed E-state index contributed by atoms with van der Waals surface area (Å²) in [6, 6.07) is 17.9. The molecule has 0 aromatic heterocycles. The third-order valence-corrected chi connectivity index (χ3v) is 6.47. The number of amidine groups is 1. The van der Waals surface area contributed by atoms with Crippen LogP contribution < -0.4 is 4.74 Å². The van der Waals surface area contributed by atoms with Crippen molar-refractivity contribution in [2.45, 2.75) is 24.8 Å². The Hall–Kier alpha value is -1.69. The van der Waals surface area contributed by atoms with Gasteiger partial charge in [-0.05, 0) is 17.7 Å². The summed E-state index contributed by atoms with van der Waals surface area (Å²) in [7, 11) is 1.65. The number of hydrogen-bond acceptors (Lipinski definition) is 5. The van der Waals surface area contributed by atoms with E-state index in [4.69, 9.17) is 9.73 Å². The minimum atomic E-state index is -1.14. The second kappa shape index (κ2) is 7.38. The minimum absolute atomic E-state index is 0. The number of methoxy groups -OCH3 is 1. The van der Waals surface area contributed by atoms with Crippen molar-refractivity contribution >= 4 is 29.3 Å². The van der Waals surface area contributed by atoms with Crippen LogP contribution in [0.4, 0.5) is 0 Å². The van der Waals surface area contributed by atoms with Gasteiger partial charge in [-0.2, -0.15) is 0 Å². The van der Waals surface area contributed by atoms with E-state index in [-0.39, 0.29) is 23.1 Å². The Morgan fingerprint density at radius 2 is 1.78 bits per heavy atom. The highest BCUT2D eigenvalue weighted by Gasteiger charge is 2.55. The van der Waals surface area contributed by atoms with Crippen LogP contribution in [0.5, 0.6) is 5.75 Å². The second-order valence-electron chi connectivity index (χ2n) is 7.71. The quantitative estimate of drug-likeness (QED) is 0.820. The molecule has 2 aromatic rings. The van der Waals surface area contributed by atoms with E-state index < -0.39 is 5.72 Å². The first-order valence-electron chi connectivity index (χ1n) is 8.85. The first kappa shape index (κ1) is 20.1. The summed E-state index contributed by atoms with van der Waals surface area (Å²) < 4.78 is 5.29. The summed E-state index contributed by atoms with van der Waals surface area (Å²) in [4.78, 5) is 6.88. The van der Waals surface area contributed by atoms with Crippen LogP contribution in [-0.2, 0) is 5.72 Å². The molecule has 6 heteroatoms. The van der Waals surface area contributed by atoms with Crippen LogP contribution in [0.25, 0.3) is 0 Å². The SMILES string of the molecule is COc1ccc(C2(O)C(c3ccccc3)SC3=NCC(C)(C)CN32)cc1.Cl. The topological polar surface area (TPSA) is 45.1 Å². The second-order valence-corrected chi connectivity index (χ2v) is 8.78. The number of benzene rings is 2. The number of aliphatic hydroxyl groups is 1. The molecule has 2 aromatic carbocycles. The van der Waals surface area contributed by atoms with Gasteiger partial charge in [0.05, 0.1) is 12.4 Å². The van der Waals surface area contributed by atoms with E-state index in [2.05, 4.69) is 30.9 Å². The van der Waals surface area contributed by atoms with Crippen LogP contribution in [0, 0.1) is 5.41 Å². The molecule has 2 unspecified atom stereocenters. The fraction of sp³-hybridized carbons (Fsp3) is 0.381. The maximum Gasteiger partial charge on any atom is 0.182 e. The van der Waals surface area contributed by atoms with Crippen LogP contribution in [0.1, 0.15) is 30.2 Å². The molecule has 1 fully saturated rings. The molecule has 0 bridgehead atoms. The number of fused-ring (bicyclic) bond motifs is 1. The van der Waals surface area contributed by atoms with Crippen molar-refractivity contribution in [1.82, 2.24) is 4.90 Å². The molecule has 144 valence electrons. The van der Waals surface area contributed by atoms with Gasteiger partial charge in [-0.1, -0.05) is 68.1 Å². The lowest BCUT2D eigenvalue weighted by molar-refractivity contribution is -0.0856. The van der Waals surface area contributed by atoms with E-state index in [1.165, 1.54) is 0 Å². The van der Waals surface area contributed by atoms with Crippen LogP contribution in [-0.4, -0.2) is 35.4 Å². The average Bonchev–Trinajstić information content (AvgIpc) is 2.95. The molecule has 2 aliphatic rings. The Morgan fingerprint density at radius 1 is 1.11 bits per heavy atom. The summed E-state index contributed by atoms with van der Waals surface area (Å²) >= 11 is 1.65. The lowest BCUT2D eigenvalue weighted by atomic mass is 9.87. The molecule has 0 radical (unpaired) electrons. The first-order valence-corrected chi connectivity index (χ1v) is 9.73. The zero-order valence-corrected chi connectivity index (χ0v) is 17.4. The minimum Gasteiger partial charge on any atom is -0.497 e. The van der Waals surface area contributed by atoms with Gasteiger partial charge < -0.3 is 14.7 Å². The van der Waals surface area contributed by atoms with Gasteiger partial charge in [-0.25, -0.2) is 0 Å². The summed E-state index contributed by atoms with van der Waals surface area (Å²) in [5, 5.41) is 12.8. The van der Waals surface area contributed by atoms with E-state index in [0.717, 1.165) is 35.1 Å². The first-order chi connectivity index (χ1) is 12.4. The summed E-state index contributed by atoms with van der Waals surface area (Å²) in [5.41, 5.74) is 0.846. The molecule has 0 spiro atoms. The molecule has 1 saturated heterocycles. The van der Waals surface area contributed by atoms with Gasteiger partial charge in [0.1, 0.15) is 5.75 Å². The standard InChI is InChI=1S/C21H24N2O2S.ClH/c1-20(2)13-22-19-23(14-20)21(24,16-9-11-17(25-3)12-10-16)18(26-19)15-7-5-4-6-8-15;/h4-12,18,24H,13-14H2,1-3H3;1H. The molecule has 1 N–H and O–H groups in total. The van der Waals surface area contributed by atoms with Crippen LogP contribution in [0.15, 0.2) is 59.6 Å². The monoisotopic (exact) mass is 404 g/mol. The van der Waals surface area contributed by atoms with Crippen molar-refractivity contribution < 1.29 is 9.84 Å². The molecule has 2 aliphatic heterocycles. The number of hydrogen-bond donors (Lipinski definition) is 1. The molecular formula is C21H25ClN2O2S. The smallest absolute Gasteiger partial charge is 0.182 e. The number of nitrogens with zero attached hydrogens (tertiary/aromatic N) is 2. The largest absolute Gasteiger partial charge is 0.497 e. The lowest BCUT2D eigenvalue weighted by Gasteiger charge is -2.43. The fourth-order valence-corrected chi connectivity index (χ4v) is 5.08. The molecule has 0 amide bonds. The third kappa shape index (κ3) is 3.44. The molecule has 27 heavy (non-hydrogen) atoms. The van der Waals surface area contributed by atoms with Crippen LogP contribution in [0.2, 0.25) is 0 Å². The van der Waals surface area contributed by atoms with Gasteiger partial charge in [-0.3, -0.25) is 4.99 Å². The number of aliphatic imine (C=N–C) groups is 1. The third-order valence-electron chi connectivity index (χ3n) is 5.08. The zero-order chi connectivity index (χ0) is 18.4. The van der Waals surface area contributed by atoms with Crippen molar-refractivity contribution in [1.29, 1.82) is 0 Å². The maximum absolute atomic E-state index is 12.1. The Kier molecular flexibility index (Phi) is 5.48. The fourth-order valence-electron chi connectivity index (χ4n) is 3.68. The van der Waals surface area contributed by atoms with Gasteiger partial charge in [0.25, 0.3) is 0 Å². The van der Waals surface area contributed by atoms with E-state index in [0.29, 0.717) is 0 Å². The van der Waals surface area contributed by atoms with E-state index in [1.807, 2.05) is 42.5 Å². The summed E-state index contributed by atoms with van der Waals surface area (Å²) in [6.07, 6.45) is 0. The van der Waals surface area contributed by atoms with Gasteiger partial charge >= 0.3 is 0 Å². The molecule has 4 nitrogen and oxygen atoms in total. The van der Waals surface area contributed by atoms with Gasteiger partial charge in [0.15, 0.2) is 10.9 Å². The maximum atomic E-state index is 12.1. The lowest BCUT2D eigenvalue weighted by Crippen LogP contribution is -2.52. The Morgan fingerprint density at radius 3 is 2.41 bits per heavy atom. The highest BCUT2D eigenvalue weighted by molar-refractivity contribution is 8.14. The van der Waals surface area contributed by atoms with Gasteiger partial charge in [0.2, 0.25) is 0 Å². The highest BCUT2D eigenvalue weighted by Crippen LogP contribution is 2.56. The Bertz CT molecular complexity index is 826. The molecule has 2 atom stereocenters. The molecule has 0 saturated carbocycles. The van der Waals surface area contributed by atoms with Crippen molar-refractivity contribution in [2.75, 3.05) is 20.2 Å². The normalized spacial score (nSPS) is 26.0. The van der Waals surface area contributed by atoms with Crippen molar-refractivity contribution in [3.63, 3.8) is 0 Å². The van der Waals surface area contributed by atoms with Gasteiger partial charge in [-0.15, -0.1) is 12.4 Å². The number of rotatable bonds is 3. The summed E-state index contributed by atoms with van der Waals surface area (Å²) in [5.74, 6) is 0.784. The van der Waals surface area contributed by atoms with Crippen LogP contribution in [0.3, 0.4) is 0 Å². The molecule has 4 rings (SSSR count). The van der Waals surface area contributed by atoms with Crippen LogP contribution >= 0.6 is 24.2 Å². The highest BCUT2D eigenvalue weighted by atomic mass is 35.5. The predicted molar refractivity (Wildman–Crippen MR) is 114 cm³/mol. The molecular weight excluding hydrogens is 380 g/mol. The van der Waals surface area contributed by atoms with Crippen molar-refractivity contribution in [3.05, 3.63) is 65.7 Å². The zero-order valence-electron chi connectivity index (χ0n) is 15.8. The van der Waals surface area contributed by atoms with E-state index >= 15 is 0 Å². The Labute approximate surface area is 171 Å². The number of thioether (sulfide) groups is 1. The van der Waals surface area contributed by atoms with Crippen molar-refractivity contribution in [2.24, 2.45) is 10.4 Å². The van der Waals surface area contributed by atoms with E-state index in [9.17, 15) is 5.11 Å². The van der Waals surface area contributed by atoms with E-state index in [1.54, 1.807) is 18.9 Å². The molecule has 0 aliphatic carbocycles. The average molecular weight is 405 g/mol. The van der Waals surface area contributed by atoms with Gasteiger partial charge in [0, 0.05) is 24.1 Å². The molecule has 2 heterocycles. The number of ether oxygens (including phenoxy) is 1. The predicted octanol–water partition coefficient (Wildman–Crippen LogP) is 4.45. The Balaban J connectivity index is 0.00000210. The summed E-state index contributed by atoms with van der Waals surface area (Å²) in [6.45, 7) is 5.95.